The van der Waals surface area contributed by atoms with Crippen LogP contribution in [0.2, 0.25) is 5.02 Å². The van der Waals surface area contributed by atoms with Gasteiger partial charge in [-0.3, -0.25) is 19.8 Å². The number of nitrogens with two attached hydrogens (primary N) is 2. The van der Waals surface area contributed by atoms with Crippen molar-refractivity contribution < 1.29 is 0 Å². The van der Waals surface area contributed by atoms with Crippen molar-refractivity contribution in [1.82, 2.24) is 14.5 Å². The van der Waals surface area contributed by atoms with Gasteiger partial charge >= 0.3 is 0 Å². The summed E-state index contributed by atoms with van der Waals surface area (Å²) in [6.45, 7) is 0. The standard InChI is InChI=1S/C29H23ClN8O/c30-20-8-11-23(12-9-20)38-28(18-6-4-17(5-7-18)25-13-10-21(32)16-35-25)37-27(24(15-31)29(38)39)36-22-3-1-2-19(14-22)26(33)34/h1-16,31,36H,32H2,(H3,33,34). The van der Waals surface area contributed by atoms with E-state index in [0.717, 1.165) is 17.5 Å². The molecule has 5 rings (SSSR count). The Morgan fingerprint density at radius 2 is 1.69 bits per heavy atom. The second kappa shape index (κ2) is 10.6. The first kappa shape index (κ1) is 25.4. The van der Waals surface area contributed by atoms with Crippen molar-refractivity contribution in [3.05, 3.63) is 118 Å². The molecule has 10 heteroatoms. The van der Waals surface area contributed by atoms with Gasteiger partial charge in [-0.25, -0.2) is 4.98 Å². The fraction of sp³-hybridized carbons (Fsp3) is 0. The van der Waals surface area contributed by atoms with Gasteiger partial charge in [0.2, 0.25) is 0 Å². The minimum absolute atomic E-state index is 0.0598. The maximum atomic E-state index is 13.8. The van der Waals surface area contributed by atoms with Crippen LogP contribution in [0, 0.1) is 10.8 Å². The molecule has 2 heterocycles. The minimum Gasteiger partial charge on any atom is -0.397 e. The molecule has 0 radical (unpaired) electrons. The molecule has 7 N–H and O–H groups in total. The van der Waals surface area contributed by atoms with E-state index < -0.39 is 5.56 Å². The predicted molar refractivity (Wildman–Crippen MR) is 157 cm³/mol. The first-order valence-corrected chi connectivity index (χ1v) is 12.2. The molecule has 9 nitrogen and oxygen atoms in total. The lowest BCUT2D eigenvalue weighted by molar-refractivity contribution is 0.948. The highest BCUT2D eigenvalue weighted by Crippen LogP contribution is 2.27. The van der Waals surface area contributed by atoms with E-state index in [0.29, 0.717) is 39.0 Å². The molecular formula is C29H23ClN8O. The van der Waals surface area contributed by atoms with Gasteiger partial charge in [0.05, 0.1) is 23.3 Å². The summed E-state index contributed by atoms with van der Waals surface area (Å²) in [5, 5.41) is 19.4. The van der Waals surface area contributed by atoms with Gasteiger partial charge in [0, 0.05) is 33.6 Å². The number of hydrogen-bond donors (Lipinski definition) is 5. The van der Waals surface area contributed by atoms with E-state index in [1.165, 1.54) is 4.57 Å². The summed E-state index contributed by atoms with van der Waals surface area (Å²) < 4.78 is 1.45. The molecule has 0 unspecified atom stereocenters. The molecule has 0 atom stereocenters. The van der Waals surface area contributed by atoms with E-state index in [9.17, 15) is 4.79 Å². The number of halogens is 1. The number of anilines is 3. The van der Waals surface area contributed by atoms with E-state index in [1.54, 1.807) is 60.8 Å². The van der Waals surface area contributed by atoms with Gasteiger partial charge in [0.15, 0.2) is 0 Å². The molecule has 39 heavy (non-hydrogen) atoms. The van der Waals surface area contributed by atoms with Gasteiger partial charge in [0.25, 0.3) is 5.56 Å². The van der Waals surface area contributed by atoms with Crippen LogP contribution in [0.15, 0.2) is 95.9 Å². The Hall–Kier alpha value is -5.28. The summed E-state index contributed by atoms with van der Waals surface area (Å²) in [5.74, 6) is 0.462. The molecule has 0 aliphatic carbocycles. The smallest absolute Gasteiger partial charge is 0.269 e. The van der Waals surface area contributed by atoms with E-state index in [1.807, 2.05) is 30.3 Å². The van der Waals surface area contributed by atoms with Crippen LogP contribution in [0.3, 0.4) is 0 Å². The van der Waals surface area contributed by atoms with E-state index in [4.69, 9.17) is 38.9 Å². The van der Waals surface area contributed by atoms with E-state index in [2.05, 4.69) is 10.3 Å². The SMILES string of the molecule is N=Cc1c(Nc2cccc(C(=N)N)c2)nc(-c2ccc(-c3ccc(N)cn3)cc2)n(-c2ccc(Cl)cc2)c1=O. The fourth-order valence-electron chi connectivity index (χ4n) is 4.05. The molecule has 0 bridgehead atoms. The number of hydrogen-bond acceptors (Lipinski definition) is 7. The Morgan fingerprint density at radius 1 is 0.974 bits per heavy atom. The summed E-state index contributed by atoms with van der Waals surface area (Å²) in [6, 6.07) is 24.8. The van der Waals surface area contributed by atoms with Crippen LogP contribution in [0.1, 0.15) is 11.1 Å². The number of rotatable bonds is 7. The topological polar surface area (TPSA) is 160 Å². The Balaban J connectivity index is 1.67. The number of nitrogens with zero attached hydrogens (tertiary/aromatic N) is 3. The largest absolute Gasteiger partial charge is 0.397 e. The van der Waals surface area contributed by atoms with Gasteiger partial charge < -0.3 is 22.2 Å². The normalized spacial score (nSPS) is 10.7. The van der Waals surface area contributed by atoms with Gasteiger partial charge in [-0.2, -0.15) is 0 Å². The second-order valence-electron chi connectivity index (χ2n) is 8.63. The van der Waals surface area contributed by atoms with E-state index in [-0.39, 0.29) is 17.2 Å². The van der Waals surface area contributed by atoms with Crippen molar-refractivity contribution in [3.63, 3.8) is 0 Å². The molecule has 0 spiro atoms. The molecule has 192 valence electrons. The third-order valence-corrected chi connectivity index (χ3v) is 6.26. The van der Waals surface area contributed by atoms with Crippen LogP contribution in [-0.4, -0.2) is 26.6 Å². The highest BCUT2D eigenvalue weighted by Gasteiger charge is 2.19. The Bertz CT molecular complexity index is 1750. The second-order valence-corrected chi connectivity index (χ2v) is 9.07. The summed E-state index contributed by atoms with van der Waals surface area (Å²) in [7, 11) is 0. The van der Waals surface area contributed by atoms with Crippen molar-refractivity contribution in [2.45, 2.75) is 0 Å². The number of amidine groups is 1. The van der Waals surface area contributed by atoms with Crippen LogP contribution < -0.4 is 22.3 Å². The lowest BCUT2D eigenvalue weighted by Gasteiger charge is -2.17. The zero-order valence-corrected chi connectivity index (χ0v) is 21.3. The zero-order valence-electron chi connectivity index (χ0n) is 20.5. The van der Waals surface area contributed by atoms with Crippen LogP contribution in [0.5, 0.6) is 0 Å². The summed E-state index contributed by atoms with van der Waals surface area (Å²) >= 11 is 6.10. The predicted octanol–water partition coefficient (Wildman–Crippen LogP) is 5.22. The molecule has 0 amide bonds. The Morgan fingerprint density at radius 3 is 2.33 bits per heavy atom. The molecule has 0 saturated carbocycles. The third-order valence-electron chi connectivity index (χ3n) is 6.01. The first-order valence-electron chi connectivity index (χ1n) is 11.8. The lowest BCUT2D eigenvalue weighted by atomic mass is 10.1. The lowest BCUT2D eigenvalue weighted by Crippen LogP contribution is -2.26. The highest BCUT2D eigenvalue weighted by atomic mass is 35.5. The molecule has 0 saturated heterocycles. The van der Waals surface area contributed by atoms with Crippen molar-refractivity contribution in [3.8, 4) is 28.3 Å². The number of nitrogen functional groups attached to an aromatic ring is 2. The monoisotopic (exact) mass is 534 g/mol. The molecule has 0 aliphatic rings. The average molecular weight is 535 g/mol. The number of aromatic nitrogens is 3. The quantitative estimate of drug-likeness (QED) is 0.142. The average Bonchev–Trinajstić information content (AvgIpc) is 2.94. The maximum absolute atomic E-state index is 13.8. The third kappa shape index (κ3) is 5.25. The van der Waals surface area contributed by atoms with Gasteiger partial charge in [-0.05, 0) is 48.5 Å². The number of nitrogens with one attached hydrogen (secondary N) is 3. The minimum atomic E-state index is -0.438. The van der Waals surface area contributed by atoms with Crippen LogP contribution >= 0.6 is 11.6 Å². The van der Waals surface area contributed by atoms with Crippen molar-refractivity contribution in [1.29, 1.82) is 10.8 Å². The fourth-order valence-corrected chi connectivity index (χ4v) is 4.18. The summed E-state index contributed by atoms with van der Waals surface area (Å²) in [6.07, 6.45) is 2.57. The number of pyridine rings is 1. The Labute approximate surface area is 228 Å². The summed E-state index contributed by atoms with van der Waals surface area (Å²) in [4.78, 5) is 23.0. The zero-order chi connectivity index (χ0) is 27.5. The van der Waals surface area contributed by atoms with Crippen LogP contribution in [0.25, 0.3) is 28.3 Å². The van der Waals surface area contributed by atoms with Gasteiger partial charge in [0.1, 0.15) is 23.0 Å². The molecule has 2 aromatic heterocycles. The van der Waals surface area contributed by atoms with Crippen LogP contribution in [0.4, 0.5) is 17.2 Å². The van der Waals surface area contributed by atoms with Crippen LogP contribution in [-0.2, 0) is 0 Å². The van der Waals surface area contributed by atoms with Crippen molar-refractivity contribution in [2.75, 3.05) is 11.1 Å². The molecule has 3 aromatic carbocycles. The van der Waals surface area contributed by atoms with Crippen molar-refractivity contribution >= 4 is 40.8 Å². The maximum Gasteiger partial charge on any atom is 0.269 e. The first-order chi connectivity index (χ1) is 18.8. The van der Waals surface area contributed by atoms with Gasteiger partial charge in [-0.1, -0.05) is 48.0 Å². The molecular weight excluding hydrogens is 512 g/mol. The highest BCUT2D eigenvalue weighted by molar-refractivity contribution is 6.30. The number of benzene rings is 3. The molecule has 5 aromatic rings. The van der Waals surface area contributed by atoms with E-state index >= 15 is 0 Å². The van der Waals surface area contributed by atoms with Crippen molar-refractivity contribution in [2.24, 2.45) is 5.73 Å². The molecule has 0 aliphatic heterocycles. The van der Waals surface area contributed by atoms with Gasteiger partial charge in [-0.15, -0.1) is 0 Å². The molecule has 0 fully saturated rings. The summed E-state index contributed by atoms with van der Waals surface area (Å²) in [5.41, 5.74) is 15.5. The Kier molecular flexibility index (Phi) is 6.90.